The molecule has 2 rings (SSSR count). The van der Waals surface area contributed by atoms with Crippen LogP contribution in [0, 0.1) is 11.8 Å². The van der Waals surface area contributed by atoms with Gasteiger partial charge in [0.1, 0.15) is 12.4 Å². The summed E-state index contributed by atoms with van der Waals surface area (Å²) >= 11 is 0. The summed E-state index contributed by atoms with van der Waals surface area (Å²) in [6, 6.07) is 6.56. The van der Waals surface area contributed by atoms with Crippen molar-refractivity contribution in [3.05, 3.63) is 42.0 Å². The normalized spacial score (nSPS) is 21.0. The summed E-state index contributed by atoms with van der Waals surface area (Å²) in [4.78, 5) is 10.8. The average molecular weight is 330 g/mol. The van der Waals surface area contributed by atoms with Gasteiger partial charge in [-0.15, -0.1) is 0 Å². The Labute approximate surface area is 145 Å². The van der Waals surface area contributed by atoms with E-state index in [4.69, 9.17) is 9.84 Å². The minimum Gasteiger partial charge on any atom is -0.490 e. The number of rotatable bonds is 9. The first-order chi connectivity index (χ1) is 11.7. The lowest BCUT2D eigenvalue weighted by atomic mass is 9.79. The van der Waals surface area contributed by atoms with Crippen LogP contribution in [0.5, 0.6) is 5.75 Å². The monoisotopic (exact) mass is 330 g/mol. The maximum atomic E-state index is 10.8. The molecule has 0 spiro atoms. The van der Waals surface area contributed by atoms with Crippen molar-refractivity contribution in [2.75, 3.05) is 6.61 Å². The van der Waals surface area contributed by atoms with Gasteiger partial charge >= 0.3 is 5.97 Å². The lowest BCUT2D eigenvalue weighted by molar-refractivity contribution is 0.0697. The molecule has 132 valence electrons. The predicted octanol–water partition coefficient (Wildman–Crippen LogP) is 5.71. The molecule has 0 heterocycles. The van der Waals surface area contributed by atoms with Crippen LogP contribution in [-0.4, -0.2) is 17.7 Å². The fraction of sp³-hybridized carbons (Fsp3) is 0.571. The first-order valence-corrected chi connectivity index (χ1v) is 9.32. The van der Waals surface area contributed by atoms with Crippen LogP contribution in [0.3, 0.4) is 0 Å². The summed E-state index contributed by atoms with van der Waals surface area (Å²) in [5.41, 5.74) is 0.286. The molecule has 1 N–H and O–H groups in total. The lowest BCUT2D eigenvalue weighted by Crippen LogP contribution is -2.13. The molecule has 0 radical (unpaired) electrons. The highest BCUT2D eigenvalue weighted by molar-refractivity contribution is 5.87. The molecule has 0 atom stereocenters. The zero-order valence-electron chi connectivity index (χ0n) is 14.7. The van der Waals surface area contributed by atoms with Gasteiger partial charge in [0, 0.05) is 0 Å². The second-order valence-electron chi connectivity index (χ2n) is 6.85. The van der Waals surface area contributed by atoms with Crippen LogP contribution in [0.2, 0.25) is 0 Å². The number of carbonyl (C=O) groups is 1. The first kappa shape index (κ1) is 18.6. The van der Waals surface area contributed by atoms with Gasteiger partial charge in [0.15, 0.2) is 0 Å². The summed E-state index contributed by atoms with van der Waals surface area (Å²) < 4.78 is 5.64. The van der Waals surface area contributed by atoms with Crippen molar-refractivity contribution in [2.45, 2.75) is 58.3 Å². The third-order valence-corrected chi connectivity index (χ3v) is 4.96. The Hall–Kier alpha value is -1.77. The molecule has 0 aliphatic heterocycles. The number of hydrogen-bond acceptors (Lipinski definition) is 2. The number of ether oxygens (including phenoxy) is 1. The molecule has 0 bridgehead atoms. The summed E-state index contributed by atoms with van der Waals surface area (Å²) in [6.07, 6.45) is 15.3. The van der Waals surface area contributed by atoms with Gasteiger partial charge in [-0.05, 0) is 61.8 Å². The van der Waals surface area contributed by atoms with E-state index < -0.39 is 5.97 Å². The van der Waals surface area contributed by atoms with Gasteiger partial charge in [-0.25, -0.2) is 4.79 Å². The fourth-order valence-electron chi connectivity index (χ4n) is 3.44. The highest BCUT2D eigenvalue weighted by Crippen LogP contribution is 2.32. The fourth-order valence-corrected chi connectivity index (χ4v) is 3.44. The van der Waals surface area contributed by atoms with Gasteiger partial charge in [-0.1, -0.05) is 44.8 Å². The van der Waals surface area contributed by atoms with E-state index in [2.05, 4.69) is 19.1 Å². The Kier molecular flexibility index (Phi) is 7.87. The first-order valence-electron chi connectivity index (χ1n) is 9.32. The third-order valence-electron chi connectivity index (χ3n) is 4.96. The van der Waals surface area contributed by atoms with Crippen molar-refractivity contribution in [3.63, 3.8) is 0 Å². The third kappa shape index (κ3) is 6.38. The Balaban J connectivity index is 1.63. The van der Waals surface area contributed by atoms with E-state index in [0.717, 1.165) is 5.92 Å². The Morgan fingerprint density at radius 2 is 1.88 bits per heavy atom. The topological polar surface area (TPSA) is 46.5 Å². The second-order valence-corrected chi connectivity index (χ2v) is 6.85. The van der Waals surface area contributed by atoms with Crippen molar-refractivity contribution >= 4 is 5.97 Å². The summed E-state index contributed by atoms with van der Waals surface area (Å²) in [5, 5.41) is 8.86. The van der Waals surface area contributed by atoms with E-state index in [1.54, 1.807) is 24.3 Å². The molecule has 1 aromatic carbocycles. The van der Waals surface area contributed by atoms with Crippen LogP contribution in [0.15, 0.2) is 36.4 Å². The average Bonchev–Trinajstić information content (AvgIpc) is 2.60. The zero-order valence-corrected chi connectivity index (χ0v) is 14.7. The molecule has 1 fully saturated rings. The van der Waals surface area contributed by atoms with Gasteiger partial charge in [0.2, 0.25) is 0 Å². The highest BCUT2D eigenvalue weighted by Gasteiger charge is 2.18. The second kappa shape index (κ2) is 10.2. The van der Waals surface area contributed by atoms with Crippen molar-refractivity contribution < 1.29 is 14.6 Å². The summed E-state index contributed by atoms with van der Waals surface area (Å²) in [6.45, 7) is 2.81. The number of benzene rings is 1. The maximum Gasteiger partial charge on any atom is 0.335 e. The highest BCUT2D eigenvalue weighted by atomic mass is 16.5. The molecule has 3 nitrogen and oxygen atoms in total. The van der Waals surface area contributed by atoms with Crippen LogP contribution in [0.4, 0.5) is 0 Å². The van der Waals surface area contributed by atoms with Crippen molar-refractivity contribution in [3.8, 4) is 5.75 Å². The molecule has 0 saturated heterocycles. The van der Waals surface area contributed by atoms with Crippen LogP contribution >= 0.6 is 0 Å². The molecule has 0 aromatic heterocycles. The number of allylic oxidation sites excluding steroid dienone is 1. The molecular formula is C21H30O3. The smallest absolute Gasteiger partial charge is 0.335 e. The van der Waals surface area contributed by atoms with Gasteiger partial charge < -0.3 is 9.84 Å². The largest absolute Gasteiger partial charge is 0.490 e. The lowest BCUT2D eigenvalue weighted by Gasteiger charge is -2.26. The van der Waals surface area contributed by atoms with Crippen LogP contribution in [-0.2, 0) is 0 Å². The standard InChI is InChI=1S/C21H30O3/c1-2-3-4-6-17-8-10-18(11-9-17)7-5-16-24-20-14-12-19(13-15-20)21(22)23/h5,7,12-15,17-18H,2-4,6,8-11,16H2,1H3,(H,22,23)/b7-5+. The Morgan fingerprint density at radius 1 is 1.17 bits per heavy atom. The van der Waals surface area contributed by atoms with Crippen molar-refractivity contribution in [1.29, 1.82) is 0 Å². The number of hydrogen-bond donors (Lipinski definition) is 1. The molecule has 0 unspecified atom stereocenters. The van der Waals surface area contributed by atoms with E-state index in [9.17, 15) is 4.79 Å². The van der Waals surface area contributed by atoms with E-state index in [1.807, 2.05) is 0 Å². The maximum absolute atomic E-state index is 10.8. The number of carboxylic acid groups (broad SMARTS) is 1. The van der Waals surface area contributed by atoms with Crippen LogP contribution < -0.4 is 4.74 Å². The molecule has 1 aliphatic carbocycles. The minimum absolute atomic E-state index is 0.286. The van der Waals surface area contributed by atoms with Gasteiger partial charge in [-0.3, -0.25) is 0 Å². The Morgan fingerprint density at radius 3 is 2.50 bits per heavy atom. The molecule has 1 aliphatic rings. The molecule has 3 heteroatoms. The van der Waals surface area contributed by atoms with Crippen LogP contribution in [0.25, 0.3) is 0 Å². The van der Waals surface area contributed by atoms with E-state index in [-0.39, 0.29) is 5.56 Å². The van der Waals surface area contributed by atoms with Crippen molar-refractivity contribution in [1.82, 2.24) is 0 Å². The number of carboxylic acids is 1. The number of aromatic carboxylic acids is 1. The van der Waals surface area contributed by atoms with Gasteiger partial charge in [0.05, 0.1) is 5.56 Å². The molecule has 1 aromatic rings. The predicted molar refractivity (Wildman–Crippen MR) is 97.6 cm³/mol. The SMILES string of the molecule is CCCCCC1CCC(/C=C/COc2ccc(C(=O)O)cc2)CC1. The molecular weight excluding hydrogens is 300 g/mol. The Bertz CT molecular complexity index is 510. The van der Waals surface area contributed by atoms with Crippen molar-refractivity contribution in [2.24, 2.45) is 11.8 Å². The quantitative estimate of drug-likeness (QED) is 0.466. The van der Waals surface area contributed by atoms with E-state index in [0.29, 0.717) is 18.3 Å². The van der Waals surface area contributed by atoms with Gasteiger partial charge in [-0.2, -0.15) is 0 Å². The molecule has 1 saturated carbocycles. The van der Waals surface area contributed by atoms with Crippen LogP contribution in [0.1, 0.15) is 68.6 Å². The molecule has 24 heavy (non-hydrogen) atoms. The number of unbranched alkanes of at least 4 members (excludes halogenated alkanes) is 2. The zero-order chi connectivity index (χ0) is 17.2. The molecule has 0 amide bonds. The summed E-state index contributed by atoms with van der Waals surface area (Å²) in [5.74, 6) is 1.45. The van der Waals surface area contributed by atoms with E-state index >= 15 is 0 Å². The van der Waals surface area contributed by atoms with E-state index in [1.165, 1.54) is 51.4 Å². The summed E-state index contributed by atoms with van der Waals surface area (Å²) in [7, 11) is 0. The van der Waals surface area contributed by atoms with Gasteiger partial charge in [0.25, 0.3) is 0 Å². The minimum atomic E-state index is -0.910.